The van der Waals surface area contributed by atoms with Crippen molar-refractivity contribution in [2.45, 2.75) is 13.0 Å². The van der Waals surface area contributed by atoms with Crippen LogP contribution in [0.25, 0.3) is 0 Å². The van der Waals surface area contributed by atoms with Crippen molar-refractivity contribution < 1.29 is 4.39 Å². The summed E-state index contributed by atoms with van der Waals surface area (Å²) in [5.41, 5.74) is 6.53. The lowest BCUT2D eigenvalue weighted by atomic mass is 10.1. The molecule has 0 amide bonds. The van der Waals surface area contributed by atoms with Crippen molar-refractivity contribution in [1.82, 2.24) is 0 Å². The largest absolute Gasteiger partial charge is 0.324 e. The van der Waals surface area contributed by atoms with E-state index in [4.69, 9.17) is 5.73 Å². The Bertz CT molecular complexity index is 265. The fourth-order valence-corrected chi connectivity index (χ4v) is 1.58. The van der Waals surface area contributed by atoms with Crippen molar-refractivity contribution in [3.63, 3.8) is 0 Å². The number of rotatable bonds is 1. The van der Waals surface area contributed by atoms with Crippen LogP contribution >= 0.6 is 28.3 Å². The molecule has 0 spiro atoms. The third-order valence-corrected chi connectivity index (χ3v) is 2.14. The van der Waals surface area contributed by atoms with E-state index >= 15 is 0 Å². The molecule has 0 aliphatic heterocycles. The van der Waals surface area contributed by atoms with Crippen LogP contribution < -0.4 is 5.73 Å². The molecule has 0 unspecified atom stereocenters. The monoisotopic (exact) mass is 253 g/mol. The first-order valence-corrected chi connectivity index (χ1v) is 4.11. The zero-order valence-electron chi connectivity index (χ0n) is 6.55. The molecule has 0 heterocycles. The van der Waals surface area contributed by atoms with Gasteiger partial charge in [0.2, 0.25) is 0 Å². The molecule has 68 valence electrons. The molecule has 0 bridgehead atoms. The quantitative estimate of drug-likeness (QED) is 0.819. The van der Waals surface area contributed by atoms with Gasteiger partial charge in [-0.3, -0.25) is 0 Å². The molecule has 1 nitrogen and oxygen atoms in total. The van der Waals surface area contributed by atoms with E-state index in [2.05, 4.69) is 15.9 Å². The van der Waals surface area contributed by atoms with E-state index in [9.17, 15) is 4.39 Å². The van der Waals surface area contributed by atoms with Crippen LogP contribution in [0.1, 0.15) is 18.5 Å². The van der Waals surface area contributed by atoms with Crippen LogP contribution in [0.2, 0.25) is 0 Å². The average molecular weight is 255 g/mol. The highest BCUT2D eigenvalue weighted by Gasteiger charge is 2.04. The highest BCUT2D eigenvalue weighted by Crippen LogP contribution is 2.22. The molecule has 1 aromatic rings. The molecule has 0 saturated carbocycles. The summed E-state index contributed by atoms with van der Waals surface area (Å²) in [5, 5.41) is 0. The van der Waals surface area contributed by atoms with Gasteiger partial charge in [0.1, 0.15) is 5.82 Å². The molecule has 0 aliphatic carbocycles. The molecule has 2 N–H and O–H groups in total. The molecule has 0 radical (unpaired) electrons. The fourth-order valence-electron chi connectivity index (χ4n) is 0.871. The maximum absolute atomic E-state index is 12.5. The Hall–Kier alpha value is -0.120. The van der Waals surface area contributed by atoms with Gasteiger partial charge in [0, 0.05) is 10.5 Å². The lowest BCUT2D eigenvalue weighted by Crippen LogP contribution is -2.05. The molecule has 0 saturated heterocycles. The van der Waals surface area contributed by atoms with Crippen LogP contribution in [0, 0.1) is 5.82 Å². The maximum atomic E-state index is 12.5. The van der Waals surface area contributed by atoms with E-state index in [0.717, 1.165) is 10.0 Å². The number of nitrogens with two attached hydrogens (primary N) is 1. The third kappa shape index (κ3) is 2.73. The predicted octanol–water partition coefficient (Wildman–Crippen LogP) is 3.03. The van der Waals surface area contributed by atoms with Gasteiger partial charge in [0.15, 0.2) is 0 Å². The molecule has 12 heavy (non-hydrogen) atoms. The van der Waals surface area contributed by atoms with Crippen LogP contribution in [0.15, 0.2) is 22.7 Å². The minimum Gasteiger partial charge on any atom is -0.324 e. The van der Waals surface area contributed by atoms with E-state index in [1.54, 1.807) is 6.07 Å². The summed E-state index contributed by atoms with van der Waals surface area (Å²) in [4.78, 5) is 0. The van der Waals surface area contributed by atoms with Crippen LogP contribution in [-0.4, -0.2) is 0 Å². The van der Waals surface area contributed by atoms with E-state index in [1.807, 2.05) is 6.92 Å². The first-order chi connectivity index (χ1) is 5.11. The number of hydrogen-bond donors (Lipinski definition) is 1. The van der Waals surface area contributed by atoms with Crippen molar-refractivity contribution in [3.8, 4) is 0 Å². The minimum atomic E-state index is -0.249. The van der Waals surface area contributed by atoms with Crippen LogP contribution in [0.3, 0.4) is 0 Å². The summed E-state index contributed by atoms with van der Waals surface area (Å²) in [7, 11) is 0. The smallest absolute Gasteiger partial charge is 0.124 e. The third-order valence-electron chi connectivity index (χ3n) is 1.45. The minimum absolute atomic E-state index is 0. The second kappa shape index (κ2) is 4.80. The summed E-state index contributed by atoms with van der Waals surface area (Å²) < 4.78 is 13.3. The predicted molar refractivity (Wildman–Crippen MR) is 54.0 cm³/mol. The molecule has 4 heteroatoms. The van der Waals surface area contributed by atoms with Gasteiger partial charge >= 0.3 is 0 Å². The van der Waals surface area contributed by atoms with E-state index in [1.165, 1.54) is 12.1 Å². The van der Waals surface area contributed by atoms with Gasteiger partial charge in [-0.05, 0) is 24.6 Å². The summed E-state index contributed by atoms with van der Waals surface area (Å²) in [6.07, 6.45) is 0. The lowest BCUT2D eigenvalue weighted by Gasteiger charge is -2.07. The Balaban J connectivity index is 0.00000121. The van der Waals surface area contributed by atoms with Gasteiger partial charge in [-0.15, -0.1) is 12.4 Å². The molecule has 0 aromatic heterocycles. The molecular weight excluding hydrogens is 244 g/mol. The van der Waals surface area contributed by atoms with Crippen LogP contribution in [-0.2, 0) is 0 Å². The van der Waals surface area contributed by atoms with Gasteiger partial charge in [-0.2, -0.15) is 0 Å². The Labute approximate surface area is 85.7 Å². The normalized spacial score (nSPS) is 12.0. The zero-order valence-corrected chi connectivity index (χ0v) is 8.95. The van der Waals surface area contributed by atoms with Gasteiger partial charge in [0.25, 0.3) is 0 Å². The Morgan fingerprint density at radius 3 is 2.50 bits per heavy atom. The Morgan fingerprint density at radius 1 is 1.50 bits per heavy atom. The molecule has 1 atom stereocenters. The number of hydrogen-bond acceptors (Lipinski definition) is 1. The van der Waals surface area contributed by atoms with Crippen molar-refractivity contribution >= 4 is 28.3 Å². The maximum Gasteiger partial charge on any atom is 0.124 e. The summed E-state index contributed by atoms with van der Waals surface area (Å²) in [6.45, 7) is 1.86. The molecule has 0 fully saturated rings. The second-order valence-corrected chi connectivity index (χ2v) is 3.31. The summed E-state index contributed by atoms with van der Waals surface area (Å²) >= 11 is 3.23. The second-order valence-electron chi connectivity index (χ2n) is 2.45. The van der Waals surface area contributed by atoms with E-state index in [-0.39, 0.29) is 24.3 Å². The Morgan fingerprint density at radius 2 is 2.08 bits per heavy atom. The topological polar surface area (TPSA) is 26.0 Å². The standard InChI is InChI=1S/C8H9BrFN.ClH/c1-5(11)7-3-2-6(10)4-8(7)9;/h2-5H,11H2,1H3;1H/t5-;/m0./s1. The van der Waals surface area contributed by atoms with E-state index < -0.39 is 0 Å². The van der Waals surface area contributed by atoms with E-state index in [0.29, 0.717) is 0 Å². The SMILES string of the molecule is C[C@H](N)c1ccc(F)cc1Br.Cl. The van der Waals surface area contributed by atoms with Crippen molar-refractivity contribution in [2.75, 3.05) is 0 Å². The van der Waals surface area contributed by atoms with Crippen LogP contribution in [0.4, 0.5) is 4.39 Å². The summed E-state index contributed by atoms with van der Waals surface area (Å²) in [6, 6.07) is 4.44. The Kier molecular flexibility index (Phi) is 4.75. The number of halogens is 3. The highest BCUT2D eigenvalue weighted by molar-refractivity contribution is 9.10. The lowest BCUT2D eigenvalue weighted by molar-refractivity contribution is 0.624. The van der Waals surface area contributed by atoms with Gasteiger partial charge in [-0.25, -0.2) is 4.39 Å². The van der Waals surface area contributed by atoms with Crippen molar-refractivity contribution in [2.24, 2.45) is 5.73 Å². The van der Waals surface area contributed by atoms with Gasteiger partial charge in [-0.1, -0.05) is 22.0 Å². The molecule has 0 aliphatic rings. The van der Waals surface area contributed by atoms with Crippen molar-refractivity contribution in [3.05, 3.63) is 34.1 Å². The van der Waals surface area contributed by atoms with Crippen molar-refractivity contribution in [1.29, 1.82) is 0 Å². The molecule has 1 rings (SSSR count). The van der Waals surface area contributed by atoms with Crippen LogP contribution in [0.5, 0.6) is 0 Å². The molecular formula is C8H10BrClFN. The number of benzene rings is 1. The van der Waals surface area contributed by atoms with Gasteiger partial charge < -0.3 is 5.73 Å². The first kappa shape index (κ1) is 11.9. The first-order valence-electron chi connectivity index (χ1n) is 3.32. The average Bonchev–Trinajstić information content (AvgIpc) is 1.85. The fraction of sp³-hybridized carbons (Fsp3) is 0.250. The summed E-state index contributed by atoms with van der Waals surface area (Å²) in [5.74, 6) is -0.249. The molecule has 1 aromatic carbocycles. The van der Waals surface area contributed by atoms with Gasteiger partial charge in [0.05, 0.1) is 0 Å². The highest BCUT2D eigenvalue weighted by atomic mass is 79.9. The zero-order chi connectivity index (χ0) is 8.43.